The molecule has 0 unspecified atom stereocenters. The molecule has 34 heavy (non-hydrogen) atoms. The van der Waals surface area contributed by atoms with E-state index in [4.69, 9.17) is 16.7 Å². The number of nitrogens with zero attached hydrogens (tertiary/aromatic N) is 7. The van der Waals surface area contributed by atoms with Crippen molar-refractivity contribution in [1.82, 2.24) is 29.1 Å². The van der Waals surface area contributed by atoms with E-state index in [1.165, 1.54) is 10.8 Å². The molecule has 166 valence electrons. The average molecular weight is 469 g/mol. The van der Waals surface area contributed by atoms with Crippen molar-refractivity contribution in [3.63, 3.8) is 0 Å². The lowest BCUT2D eigenvalue weighted by atomic mass is 10.1. The Balaban J connectivity index is 1.64. The molecule has 0 bridgehead atoms. The Hall–Kier alpha value is -4.42. The number of nitriles is 1. The second-order valence-electron chi connectivity index (χ2n) is 8.03. The monoisotopic (exact) mass is 468 g/mol. The number of nitrogens with one attached hydrogen (secondary N) is 1. The highest BCUT2D eigenvalue weighted by Crippen LogP contribution is 2.40. The van der Waals surface area contributed by atoms with Gasteiger partial charge in [-0.15, -0.1) is 0 Å². The fourth-order valence-electron chi connectivity index (χ4n) is 4.60. The van der Waals surface area contributed by atoms with E-state index >= 15 is 0 Å². The summed E-state index contributed by atoms with van der Waals surface area (Å²) in [7, 11) is 0. The van der Waals surface area contributed by atoms with Gasteiger partial charge >= 0.3 is 0 Å². The van der Waals surface area contributed by atoms with E-state index in [-0.39, 0.29) is 5.56 Å². The summed E-state index contributed by atoms with van der Waals surface area (Å²) in [5, 5.41) is 15.4. The molecule has 6 rings (SSSR count). The first-order valence-corrected chi connectivity index (χ1v) is 11.0. The van der Waals surface area contributed by atoms with Crippen molar-refractivity contribution in [3.8, 4) is 11.8 Å². The Labute approximate surface area is 198 Å². The maximum absolute atomic E-state index is 13.7. The molecule has 9 nitrogen and oxygen atoms in total. The minimum absolute atomic E-state index is 0.280. The number of hydrogen-bond donors (Lipinski definition) is 1. The van der Waals surface area contributed by atoms with Crippen LogP contribution >= 0.6 is 11.6 Å². The van der Waals surface area contributed by atoms with Crippen molar-refractivity contribution in [1.29, 1.82) is 5.26 Å². The predicted octanol–water partition coefficient (Wildman–Crippen LogP) is 3.79. The number of aromatic nitrogens is 6. The van der Waals surface area contributed by atoms with Crippen LogP contribution in [0.25, 0.3) is 22.2 Å². The van der Waals surface area contributed by atoms with Gasteiger partial charge in [-0.05, 0) is 30.2 Å². The maximum atomic E-state index is 13.7. The number of halogens is 1. The number of aromatic amines is 1. The van der Waals surface area contributed by atoms with E-state index in [9.17, 15) is 10.1 Å². The molecular formula is C24H17ClN8O. The molecule has 5 aromatic rings. The van der Waals surface area contributed by atoms with Crippen LogP contribution in [0.1, 0.15) is 23.9 Å². The second-order valence-corrected chi connectivity index (χ2v) is 8.44. The van der Waals surface area contributed by atoms with Crippen molar-refractivity contribution < 1.29 is 0 Å². The lowest BCUT2D eigenvalue weighted by Gasteiger charge is -2.28. The minimum Gasteiger partial charge on any atom is -0.345 e. The predicted molar refractivity (Wildman–Crippen MR) is 128 cm³/mol. The van der Waals surface area contributed by atoms with E-state index < -0.39 is 6.04 Å². The van der Waals surface area contributed by atoms with Gasteiger partial charge in [-0.1, -0.05) is 36.4 Å². The van der Waals surface area contributed by atoms with Crippen LogP contribution in [0.4, 0.5) is 5.82 Å². The van der Waals surface area contributed by atoms with Crippen molar-refractivity contribution in [2.24, 2.45) is 0 Å². The van der Waals surface area contributed by atoms with Crippen molar-refractivity contribution in [3.05, 3.63) is 94.0 Å². The van der Waals surface area contributed by atoms with Crippen LogP contribution in [-0.4, -0.2) is 35.7 Å². The van der Waals surface area contributed by atoms with E-state index in [2.05, 4.69) is 27.6 Å². The zero-order valence-electron chi connectivity index (χ0n) is 17.8. The number of hydrogen-bond acceptors (Lipinski definition) is 6. The van der Waals surface area contributed by atoms with Gasteiger partial charge in [0.2, 0.25) is 0 Å². The van der Waals surface area contributed by atoms with Gasteiger partial charge in [-0.2, -0.15) is 10.4 Å². The van der Waals surface area contributed by atoms with Crippen LogP contribution in [-0.2, 0) is 0 Å². The van der Waals surface area contributed by atoms with Crippen LogP contribution in [0.2, 0.25) is 5.02 Å². The molecule has 4 aromatic heterocycles. The summed E-state index contributed by atoms with van der Waals surface area (Å²) in [6, 6.07) is 12.7. The molecule has 0 saturated carbocycles. The number of anilines is 1. The van der Waals surface area contributed by atoms with Crippen molar-refractivity contribution >= 4 is 34.0 Å². The molecule has 5 heterocycles. The Bertz CT molecular complexity index is 1690. The van der Waals surface area contributed by atoms with Gasteiger partial charge in [-0.3, -0.25) is 9.36 Å². The highest BCUT2D eigenvalue weighted by molar-refractivity contribution is 6.33. The molecule has 1 atom stereocenters. The third-order valence-electron chi connectivity index (χ3n) is 6.14. The summed E-state index contributed by atoms with van der Waals surface area (Å²) in [5.41, 5.74) is 2.59. The fourth-order valence-corrected chi connectivity index (χ4v) is 4.83. The Morgan fingerprint density at radius 3 is 2.82 bits per heavy atom. The first-order valence-electron chi connectivity index (χ1n) is 10.6. The van der Waals surface area contributed by atoms with Gasteiger partial charge in [0.25, 0.3) is 5.56 Å². The van der Waals surface area contributed by atoms with E-state index in [0.29, 0.717) is 57.4 Å². The molecule has 1 aliphatic heterocycles. The van der Waals surface area contributed by atoms with Crippen LogP contribution in [0.5, 0.6) is 0 Å². The fraction of sp³-hybridized carbons (Fsp3) is 0.125. The second kappa shape index (κ2) is 7.57. The first kappa shape index (κ1) is 20.2. The molecule has 0 amide bonds. The van der Waals surface area contributed by atoms with Crippen molar-refractivity contribution in [2.75, 3.05) is 11.4 Å². The lowest BCUT2D eigenvalue weighted by Crippen LogP contribution is -2.33. The molecule has 0 spiro atoms. The van der Waals surface area contributed by atoms with Crippen LogP contribution < -0.4 is 10.5 Å². The molecule has 1 N–H and O–H groups in total. The highest BCUT2D eigenvalue weighted by Gasteiger charge is 2.36. The maximum Gasteiger partial charge on any atom is 0.284 e. The van der Waals surface area contributed by atoms with E-state index in [1.807, 2.05) is 35.2 Å². The third-order valence-corrected chi connectivity index (χ3v) is 6.44. The average Bonchev–Trinajstić information content (AvgIpc) is 3.56. The van der Waals surface area contributed by atoms with E-state index in [0.717, 1.165) is 5.57 Å². The van der Waals surface area contributed by atoms with Crippen LogP contribution in [0, 0.1) is 11.3 Å². The van der Waals surface area contributed by atoms with E-state index in [1.54, 1.807) is 23.0 Å². The highest BCUT2D eigenvalue weighted by atomic mass is 35.5. The summed E-state index contributed by atoms with van der Waals surface area (Å²) in [5.74, 6) is 1.07. The number of benzene rings is 1. The molecule has 0 radical (unpaired) electrons. The largest absolute Gasteiger partial charge is 0.345 e. The summed E-state index contributed by atoms with van der Waals surface area (Å²) in [6.07, 6.45) is 5.43. The first-order chi connectivity index (χ1) is 16.6. The number of rotatable bonds is 3. The van der Waals surface area contributed by atoms with Gasteiger partial charge in [0.1, 0.15) is 35.4 Å². The smallest absolute Gasteiger partial charge is 0.284 e. The number of fused-ring (bicyclic) bond motifs is 2. The van der Waals surface area contributed by atoms with Gasteiger partial charge in [0.15, 0.2) is 5.82 Å². The molecule has 1 saturated heterocycles. The van der Waals surface area contributed by atoms with Gasteiger partial charge in [0, 0.05) is 18.9 Å². The number of para-hydroxylation sites is 1. The standard InChI is InChI=1S/C24H17ClN8O/c1-14-7-9-31(22-18-15(11-26)12-27-21(18)28-13-29-22)19(14)23-30-32-10-8-17(25)20(32)24(34)33(23)16-5-3-2-4-6-16/h2-6,8,10,12-13,19H,1,7,9H2,(H,27,28,29)/t19-/m0/s1. The topological polar surface area (TPSA) is 108 Å². The zero-order valence-corrected chi connectivity index (χ0v) is 18.6. The Morgan fingerprint density at radius 2 is 2.03 bits per heavy atom. The Kier molecular flexibility index (Phi) is 4.50. The molecule has 1 aliphatic rings. The molecular weight excluding hydrogens is 452 g/mol. The summed E-state index contributed by atoms with van der Waals surface area (Å²) < 4.78 is 3.09. The number of H-pyrrole nitrogens is 1. The quantitative estimate of drug-likeness (QED) is 0.403. The normalized spacial score (nSPS) is 15.9. The molecule has 0 aliphatic carbocycles. The zero-order chi connectivity index (χ0) is 23.4. The third kappa shape index (κ3) is 2.86. The van der Waals surface area contributed by atoms with Crippen molar-refractivity contribution in [2.45, 2.75) is 12.5 Å². The Morgan fingerprint density at radius 1 is 1.21 bits per heavy atom. The van der Waals surface area contributed by atoms with Gasteiger partial charge in [-0.25, -0.2) is 14.5 Å². The van der Waals surface area contributed by atoms with Gasteiger partial charge < -0.3 is 9.88 Å². The van der Waals surface area contributed by atoms with Crippen LogP contribution in [0.3, 0.4) is 0 Å². The molecule has 1 fully saturated rings. The summed E-state index contributed by atoms with van der Waals surface area (Å²) in [6.45, 7) is 4.90. The SMILES string of the molecule is C=C1CCN(c2ncnc3[nH]cc(C#N)c23)[C@@H]1c1nn2ccc(Cl)c2c(=O)n1-c1ccccc1. The summed E-state index contributed by atoms with van der Waals surface area (Å²) >= 11 is 6.34. The minimum atomic E-state index is -0.460. The molecule has 1 aromatic carbocycles. The summed E-state index contributed by atoms with van der Waals surface area (Å²) in [4.78, 5) is 27.6. The van der Waals surface area contributed by atoms with Crippen LogP contribution in [0.15, 0.2) is 72.1 Å². The van der Waals surface area contributed by atoms with Gasteiger partial charge in [0.05, 0.1) is 21.7 Å². The molecule has 10 heteroatoms. The lowest BCUT2D eigenvalue weighted by molar-refractivity contribution is 0.654.